The summed E-state index contributed by atoms with van der Waals surface area (Å²) in [6.45, 7) is 3.17. The molecule has 0 rings (SSSR count). The van der Waals surface area contributed by atoms with Crippen molar-refractivity contribution < 1.29 is 29.3 Å². The van der Waals surface area contributed by atoms with Gasteiger partial charge in [-0.05, 0) is 12.8 Å². The molecule has 0 heterocycles. The Hall–Kier alpha value is -0.950. The molecule has 0 spiro atoms. The van der Waals surface area contributed by atoms with Gasteiger partial charge < -0.3 is 20.1 Å². The van der Waals surface area contributed by atoms with Crippen LogP contribution < -0.4 is 0 Å². The lowest BCUT2D eigenvalue weighted by Crippen LogP contribution is -2.52. The van der Waals surface area contributed by atoms with Gasteiger partial charge in [-0.3, -0.25) is 9.28 Å². The van der Waals surface area contributed by atoms with Gasteiger partial charge >= 0.3 is 5.97 Å². The standard InChI is InChI=1S/C15H29NO5/c1-2-3-4-5-6-7-11-21-12-10-16(13-17,14-18)9-8-15(19)20/h5-6,17-18H,2-4,7-14H2,1H3/p+1/b6-5+. The summed E-state index contributed by atoms with van der Waals surface area (Å²) in [5.74, 6) is -0.933. The molecule has 0 aromatic heterocycles. The maximum Gasteiger partial charge on any atom is 0.309 e. The van der Waals surface area contributed by atoms with E-state index in [9.17, 15) is 15.0 Å². The van der Waals surface area contributed by atoms with Crippen molar-refractivity contribution in [1.29, 1.82) is 0 Å². The summed E-state index contributed by atoms with van der Waals surface area (Å²) in [4.78, 5) is 10.6. The first-order chi connectivity index (χ1) is 10.1. The van der Waals surface area contributed by atoms with E-state index in [-0.39, 0.29) is 30.9 Å². The molecule has 0 atom stereocenters. The van der Waals surface area contributed by atoms with Crippen molar-refractivity contribution >= 4 is 5.97 Å². The van der Waals surface area contributed by atoms with Gasteiger partial charge in [0.25, 0.3) is 0 Å². The first-order valence-electron chi connectivity index (χ1n) is 7.61. The number of unbranched alkanes of at least 4 members (excludes halogenated alkanes) is 2. The Kier molecular flexibility index (Phi) is 12.2. The first-order valence-corrected chi connectivity index (χ1v) is 7.61. The molecule has 0 amide bonds. The summed E-state index contributed by atoms with van der Waals surface area (Å²) in [5.41, 5.74) is 0. The Balaban J connectivity index is 3.83. The molecule has 0 aliphatic rings. The highest BCUT2D eigenvalue weighted by atomic mass is 16.5. The van der Waals surface area contributed by atoms with Crippen molar-refractivity contribution in [2.45, 2.75) is 39.0 Å². The molecule has 0 bridgehead atoms. The van der Waals surface area contributed by atoms with Crippen molar-refractivity contribution in [3.05, 3.63) is 12.2 Å². The molecule has 124 valence electrons. The monoisotopic (exact) mass is 304 g/mol. The molecule has 0 aromatic carbocycles. The van der Waals surface area contributed by atoms with E-state index < -0.39 is 5.97 Å². The highest BCUT2D eigenvalue weighted by Crippen LogP contribution is 2.06. The fourth-order valence-corrected chi connectivity index (χ4v) is 1.84. The average Bonchev–Trinajstić information content (AvgIpc) is 2.49. The fourth-order valence-electron chi connectivity index (χ4n) is 1.84. The van der Waals surface area contributed by atoms with Crippen LogP contribution in [0.5, 0.6) is 0 Å². The number of aliphatic hydroxyl groups excluding tert-OH is 2. The van der Waals surface area contributed by atoms with Crippen molar-refractivity contribution in [1.82, 2.24) is 0 Å². The minimum atomic E-state index is -0.933. The van der Waals surface area contributed by atoms with E-state index in [1.165, 1.54) is 12.8 Å². The van der Waals surface area contributed by atoms with E-state index in [2.05, 4.69) is 19.1 Å². The molecule has 0 radical (unpaired) electrons. The first kappa shape index (κ1) is 20.1. The number of carboxylic acid groups (broad SMARTS) is 1. The lowest BCUT2D eigenvalue weighted by Gasteiger charge is -2.33. The van der Waals surface area contributed by atoms with Gasteiger partial charge in [-0.25, -0.2) is 0 Å². The number of aliphatic carboxylic acids is 1. The predicted molar refractivity (Wildman–Crippen MR) is 80.5 cm³/mol. The minimum absolute atomic E-state index is 0.0569. The van der Waals surface area contributed by atoms with E-state index in [1.807, 2.05) is 0 Å². The summed E-state index contributed by atoms with van der Waals surface area (Å²) in [6, 6.07) is 0. The quantitative estimate of drug-likeness (QED) is 0.195. The zero-order valence-corrected chi connectivity index (χ0v) is 13.0. The lowest BCUT2D eigenvalue weighted by atomic mass is 10.2. The van der Waals surface area contributed by atoms with Crippen LogP contribution in [0.15, 0.2) is 12.2 Å². The smallest absolute Gasteiger partial charge is 0.309 e. The molecule has 6 nitrogen and oxygen atoms in total. The van der Waals surface area contributed by atoms with Gasteiger partial charge in [0.05, 0.1) is 26.2 Å². The topological polar surface area (TPSA) is 87.0 Å². The summed E-state index contributed by atoms with van der Waals surface area (Å²) in [6.07, 6.45) is 8.51. The number of hydrogen-bond donors (Lipinski definition) is 3. The molecular formula is C15H30NO5+. The van der Waals surface area contributed by atoms with Crippen molar-refractivity contribution in [3.8, 4) is 0 Å². The molecular weight excluding hydrogens is 274 g/mol. The molecule has 21 heavy (non-hydrogen) atoms. The fraction of sp³-hybridized carbons (Fsp3) is 0.800. The Labute approximate surface area is 127 Å². The van der Waals surface area contributed by atoms with Gasteiger partial charge in [-0.1, -0.05) is 31.9 Å². The largest absolute Gasteiger partial charge is 0.481 e. The number of rotatable bonds is 14. The molecule has 0 unspecified atom stereocenters. The number of nitrogens with zero attached hydrogens (tertiary/aromatic N) is 1. The van der Waals surface area contributed by atoms with Crippen LogP contribution in [0.3, 0.4) is 0 Å². The second-order valence-corrected chi connectivity index (χ2v) is 5.23. The molecule has 3 N–H and O–H groups in total. The van der Waals surface area contributed by atoms with Crippen molar-refractivity contribution in [3.63, 3.8) is 0 Å². The Bertz CT molecular complexity index is 290. The van der Waals surface area contributed by atoms with Crippen LogP contribution in [-0.2, 0) is 9.53 Å². The summed E-state index contributed by atoms with van der Waals surface area (Å²) in [5, 5.41) is 27.4. The van der Waals surface area contributed by atoms with E-state index in [0.717, 1.165) is 12.8 Å². The van der Waals surface area contributed by atoms with Crippen LogP contribution in [-0.4, -0.2) is 65.5 Å². The zero-order chi connectivity index (χ0) is 16.0. The number of aliphatic hydroxyl groups is 2. The molecule has 0 fully saturated rings. The van der Waals surface area contributed by atoms with Gasteiger partial charge in [0, 0.05) is 0 Å². The maximum atomic E-state index is 10.6. The minimum Gasteiger partial charge on any atom is -0.481 e. The van der Waals surface area contributed by atoms with E-state index in [0.29, 0.717) is 19.8 Å². The molecule has 0 aliphatic heterocycles. The van der Waals surface area contributed by atoms with Crippen LogP contribution in [0.1, 0.15) is 39.0 Å². The normalized spacial score (nSPS) is 12.1. The second kappa shape index (κ2) is 12.8. The highest BCUT2D eigenvalue weighted by Gasteiger charge is 2.26. The van der Waals surface area contributed by atoms with Crippen LogP contribution in [0, 0.1) is 0 Å². The SMILES string of the molecule is CCCC/C=C/CCOCC[N+](CO)(CO)CCC(=O)O. The Morgan fingerprint density at radius 1 is 1.10 bits per heavy atom. The Morgan fingerprint density at radius 2 is 1.76 bits per heavy atom. The predicted octanol–water partition coefficient (Wildman–Crippen LogP) is 1.33. The van der Waals surface area contributed by atoms with Gasteiger partial charge in [0.15, 0.2) is 13.5 Å². The number of allylic oxidation sites excluding steroid dienone is 1. The van der Waals surface area contributed by atoms with Crippen LogP contribution in [0.2, 0.25) is 0 Å². The highest BCUT2D eigenvalue weighted by molar-refractivity contribution is 5.66. The molecule has 0 aliphatic carbocycles. The Morgan fingerprint density at radius 3 is 2.33 bits per heavy atom. The molecule has 0 aromatic rings. The van der Waals surface area contributed by atoms with Crippen molar-refractivity contribution in [2.75, 3.05) is 39.8 Å². The third-order valence-corrected chi connectivity index (χ3v) is 3.43. The molecule has 0 saturated heterocycles. The lowest BCUT2D eigenvalue weighted by molar-refractivity contribution is -0.961. The molecule has 0 saturated carbocycles. The summed E-state index contributed by atoms with van der Waals surface area (Å²) >= 11 is 0. The van der Waals surface area contributed by atoms with Crippen LogP contribution >= 0.6 is 0 Å². The second-order valence-electron chi connectivity index (χ2n) is 5.23. The summed E-state index contributed by atoms with van der Waals surface area (Å²) in [7, 11) is 0. The number of ether oxygens (including phenoxy) is 1. The van der Waals surface area contributed by atoms with Gasteiger partial charge in [0.1, 0.15) is 6.54 Å². The van der Waals surface area contributed by atoms with E-state index in [1.54, 1.807) is 0 Å². The number of hydrogen-bond acceptors (Lipinski definition) is 4. The molecule has 6 heteroatoms. The van der Waals surface area contributed by atoms with E-state index in [4.69, 9.17) is 9.84 Å². The third kappa shape index (κ3) is 10.4. The van der Waals surface area contributed by atoms with Crippen LogP contribution in [0.25, 0.3) is 0 Å². The number of carbonyl (C=O) groups is 1. The van der Waals surface area contributed by atoms with Crippen LogP contribution in [0.4, 0.5) is 0 Å². The third-order valence-electron chi connectivity index (χ3n) is 3.43. The van der Waals surface area contributed by atoms with Gasteiger partial charge in [-0.2, -0.15) is 0 Å². The number of quaternary nitrogens is 1. The number of carboxylic acids is 1. The van der Waals surface area contributed by atoms with Gasteiger partial charge in [0.2, 0.25) is 0 Å². The zero-order valence-electron chi connectivity index (χ0n) is 13.0. The van der Waals surface area contributed by atoms with Gasteiger partial charge in [-0.15, -0.1) is 0 Å². The summed E-state index contributed by atoms with van der Waals surface area (Å²) < 4.78 is 5.41. The maximum absolute atomic E-state index is 10.6. The van der Waals surface area contributed by atoms with Crippen molar-refractivity contribution in [2.24, 2.45) is 0 Å². The average molecular weight is 304 g/mol. The van der Waals surface area contributed by atoms with E-state index >= 15 is 0 Å².